The molecule has 0 atom stereocenters. The van der Waals surface area contributed by atoms with Gasteiger partial charge in [-0.2, -0.15) is 0 Å². The third-order valence-electron chi connectivity index (χ3n) is 1.98. The molecule has 1 heterocycles. The first-order valence-corrected chi connectivity index (χ1v) is 5.17. The number of nitrogens with zero attached hydrogens (tertiary/aromatic N) is 2. The van der Waals surface area contributed by atoms with Gasteiger partial charge in [0.25, 0.3) is 0 Å². The fourth-order valence-corrected chi connectivity index (χ4v) is 1.44. The van der Waals surface area contributed by atoms with E-state index in [9.17, 15) is 4.79 Å². The van der Waals surface area contributed by atoms with Gasteiger partial charge in [0.15, 0.2) is 5.75 Å². The first-order valence-electron chi connectivity index (χ1n) is 4.73. The first-order chi connectivity index (χ1) is 8.16. The van der Waals surface area contributed by atoms with Crippen molar-refractivity contribution in [2.75, 3.05) is 0 Å². The smallest absolute Gasteiger partial charge is 0.339 e. The van der Waals surface area contributed by atoms with E-state index < -0.39 is 5.97 Å². The highest BCUT2D eigenvalue weighted by Crippen LogP contribution is 2.21. The van der Waals surface area contributed by atoms with Gasteiger partial charge in [0.05, 0.1) is 0 Å². The van der Waals surface area contributed by atoms with Crippen LogP contribution in [0.3, 0.4) is 0 Å². The van der Waals surface area contributed by atoms with Crippen LogP contribution >= 0.6 is 12.6 Å². The van der Waals surface area contributed by atoms with E-state index in [1.165, 1.54) is 23.2 Å². The van der Waals surface area contributed by atoms with E-state index in [0.717, 1.165) is 0 Å². The molecule has 17 heavy (non-hydrogen) atoms. The predicted molar refractivity (Wildman–Crippen MR) is 61.1 cm³/mol. The number of thiol groups is 1. The first kappa shape index (κ1) is 11.4. The van der Waals surface area contributed by atoms with Crippen molar-refractivity contribution in [1.82, 2.24) is 4.98 Å². The van der Waals surface area contributed by atoms with Crippen molar-refractivity contribution in [3.63, 3.8) is 0 Å². The molecular weight excluding hydrogens is 240 g/mol. The van der Waals surface area contributed by atoms with Gasteiger partial charge in [0, 0.05) is 17.0 Å². The lowest BCUT2D eigenvalue weighted by molar-refractivity contribution is -0.877. The summed E-state index contributed by atoms with van der Waals surface area (Å²) in [6.45, 7) is 0. The third-order valence-corrected chi connectivity index (χ3v) is 2.26. The number of carboxylic acid groups (broad SMARTS) is 1. The molecule has 0 saturated heterocycles. The molecule has 2 aromatic rings. The van der Waals surface area contributed by atoms with E-state index in [2.05, 4.69) is 17.6 Å². The molecule has 0 fully saturated rings. The summed E-state index contributed by atoms with van der Waals surface area (Å²) in [7, 11) is 0. The molecule has 0 aliphatic rings. The summed E-state index contributed by atoms with van der Waals surface area (Å²) in [6, 6.07) is 6.24. The minimum Gasteiger partial charge on any atom is -0.478 e. The van der Waals surface area contributed by atoms with Gasteiger partial charge in [-0.05, 0) is 16.9 Å². The summed E-state index contributed by atoms with van der Waals surface area (Å²) < 4.78 is 1.31. The van der Waals surface area contributed by atoms with Gasteiger partial charge < -0.3 is 5.11 Å². The summed E-state index contributed by atoms with van der Waals surface area (Å²) in [4.78, 5) is 20.8. The second-order valence-electron chi connectivity index (χ2n) is 3.19. The maximum atomic E-state index is 11.0. The molecule has 0 amide bonds. The Balaban J connectivity index is 2.37. The summed E-state index contributed by atoms with van der Waals surface area (Å²) in [5, 5.41) is 9.00. The van der Waals surface area contributed by atoms with Gasteiger partial charge in [-0.3, -0.25) is 4.84 Å². The van der Waals surface area contributed by atoms with Crippen LogP contribution in [0.4, 0.5) is 0 Å². The van der Waals surface area contributed by atoms with E-state index in [4.69, 9.17) is 9.94 Å². The predicted octanol–water partition coefficient (Wildman–Crippen LogP) is 1.20. The van der Waals surface area contributed by atoms with Crippen LogP contribution in [0.25, 0.3) is 0 Å². The normalized spacial score (nSPS) is 9.94. The Morgan fingerprint density at radius 2 is 2.29 bits per heavy atom. The van der Waals surface area contributed by atoms with Crippen LogP contribution < -0.4 is 9.57 Å². The maximum Gasteiger partial charge on any atom is 0.339 e. The van der Waals surface area contributed by atoms with Crippen LogP contribution in [0.1, 0.15) is 10.4 Å². The van der Waals surface area contributed by atoms with E-state index in [1.54, 1.807) is 24.5 Å². The zero-order valence-electron chi connectivity index (χ0n) is 8.65. The molecule has 2 rings (SSSR count). The SMILES string of the molecule is O=C(O)c1ccc(S)cc1O[n+]1cccnc1. The summed E-state index contributed by atoms with van der Waals surface area (Å²) >= 11 is 4.14. The Morgan fingerprint density at radius 1 is 1.47 bits per heavy atom. The van der Waals surface area contributed by atoms with Crippen LogP contribution in [0.15, 0.2) is 47.9 Å². The highest BCUT2D eigenvalue weighted by atomic mass is 32.1. The molecule has 86 valence electrons. The lowest BCUT2D eigenvalue weighted by atomic mass is 10.2. The monoisotopic (exact) mass is 249 g/mol. The highest BCUT2D eigenvalue weighted by Gasteiger charge is 2.14. The maximum absolute atomic E-state index is 11.0. The summed E-state index contributed by atoms with van der Waals surface area (Å²) in [5.74, 6) is -0.846. The molecule has 0 aliphatic carbocycles. The number of hydrogen-bond donors (Lipinski definition) is 2. The molecule has 1 aromatic carbocycles. The molecule has 0 bridgehead atoms. The van der Waals surface area contributed by atoms with E-state index in [0.29, 0.717) is 4.90 Å². The second-order valence-corrected chi connectivity index (χ2v) is 3.71. The van der Waals surface area contributed by atoms with Crippen LogP contribution in [-0.4, -0.2) is 16.1 Å². The van der Waals surface area contributed by atoms with Crippen LogP contribution in [-0.2, 0) is 0 Å². The van der Waals surface area contributed by atoms with Gasteiger partial charge in [-0.1, -0.05) is 4.98 Å². The number of carboxylic acids is 1. The minimum absolute atomic E-state index is 0.0687. The number of hydrogen-bond acceptors (Lipinski definition) is 4. The van der Waals surface area contributed by atoms with E-state index in [1.807, 2.05) is 0 Å². The lowest BCUT2D eigenvalue weighted by Gasteiger charge is -2.05. The van der Waals surface area contributed by atoms with Gasteiger partial charge in [0.2, 0.25) is 0 Å². The van der Waals surface area contributed by atoms with Crippen molar-refractivity contribution in [3.05, 3.63) is 48.5 Å². The molecule has 0 unspecified atom stereocenters. The number of benzene rings is 1. The van der Waals surface area contributed by atoms with Crippen molar-refractivity contribution in [2.24, 2.45) is 0 Å². The standard InChI is InChI=1S/C11H8N2O3S/c14-11(15)9-3-2-8(17)6-10(9)16-13-5-1-4-12-7-13/h1-7H,(H-,14,15,17)/p+1. The Hall–Kier alpha value is -2.08. The fourth-order valence-electron chi connectivity index (χ4n) is 1.25. The molecule has 1 aromatic heterocycles. The quantitative estimate of drug-likeness (QED) is 0.633. The molecular formula is C11H9N2O3S+. The Kier molecular flexibility index (Phi) is 3.24. The number of aromatic carboxylic acids is 1. The number of carbonyl (C=O) groups is 1. The van der Waals surface area contributed by atoms with Crippen molar-refractivity contribution in [1.29, 1.82) is 0 Å². The lowest BCUT2D eigenvalue weighted by Crippen LogP contribution is -2.39. The van der Waals surface area contributed by atoms with E-state index in [-0.39, 0.29) is 11.3 Å². The zero-order valence-corrected chi connectivity index (χ0v) is 9.54. The van der Waals surface area contributed by atoms with Crippen LogP contribution in [0.2, 0.25) is 0 Å². The Morgan fingerprint density at radius 3 is 2.94 bits per heavy atom. The third kappa shape index (κ3) is 2.73. The van der Waals surface area contributed by atoms with Gasteiger partial charge in [-0.25, -0.2) is 4.79 Å². The van der Waals surface area contributed by atoms with Crippen molar-refractivity contribution < 1.29 is 19.5 Å². The van der Waals surface area contributed by atoms with Gasteiger partial charge >= 0.3 is 12.3 Å². The number of rotatable bonds is 3. The van der Waals surface area contributed by atoms with Crippen molar-refractivity contribution >= 4 is 18.6 Å². The average Bonchev–Trinajstić information content (AvgIpc) is 2.30. The highest BCUT2D eigenvalue weighted by molar-refractivity contribution is 7.80. The number of aromatic nitrogens is 2. The molecule has 0 radical (unpaired) electrons. The zero-order chi connectivity index (χ0) is 12.3. The molecule has 5 nitrogen and oxygen atoms in total. The fraction of sp³-hybridized carbons (Fsp3) is 0. The van der Waals surface area contributed by atoms with Gasteiger partial charge in [0.1, 0.15) is 18.0 Å². The van der Waals surface area contributed by atoms with Crippen LogP contribution in [0, 0.1) is 0 Å². The molecule has 0 saturated carbocycles. The van der Waals surface area contributed by atoms with Crippen molar-refractivity contribution in [3.8, 4) is 5.75 Å². The Labute approximate surface area is 103 Å². The molecule has 0 aliphatic heterocycles. The molecule has 6 heteroatoms. The summed E-state index contributed by atoms with van der Waals surface area (Å²) in [6.07, 6.45) is 4.63. The second kappa shape index (κ2) is 4.84. The largest absolute Gasteiger partial charge is 0.478 e. The van der Waals surface area contributed by atoms with Crippen molar-refractivity contribution in [2.45, 2.75) is 4.90 Å². The minimum atomic E-state index is -1.06. The molecule has 1 N–H and O–H groups in total. The summed E-state index contributed by atoms with van der Waals surface area (Å²) in [5.41, 5.74) is 0.0687. The average molecular weight is 249 g/mol. The topological polar surface area (TPSA) is 63.3 Å². The van der Waals surface area contributed by atoms with Gasteiger partial charge in [-0.15, -0.1) is 12.6 Å². The molecule has 0 spiro atoms. The van der Waals surface area contributed by atoms with Crippen LogP contribution in [0.5, 0.6) is 5.75 Å². The van der Waals surface area contributed by atoms with E-state index >= 15 is 0 Å². The Bertz CT molecular complexity index is 546.